The lowest BCUT2D eigenvalue weighted by Crippen LogP contribution is -2.48. The van der Waals surface area contributed by atoms with Crippen LogP contribution in [-0.4, -0.2) is 36.1 Å². The maximum Gasteiger partial charge on any atom is 0.254 e. The third-order valence-electron chi connectivity index (χ3n) is 5.00. The minimum absolute atomic E-state index is 0.0903. The Bertz CT molecular complexity index is 730. The van der Waals surface area contributed by atoms with Gasteiger partial charge in [0.2, 0.25) is 0 Å². The van der Waals surface area contributed by atoms with Gasteiger partial charge >= 0.3 is 0 Å². The molecule has 1 saturated heterocycles. The van der Waals surface area contributed by atoms with E-state index in [1.54, 1.807) is 0 Å². The summed E-state index contributed by atoms with van der Waals surface area (Å²) in [6.45, 7) is 9.14. The van der Waals surface area contributed by atoms with Gasteiger partial charge in [0, 0.05) is 31.7 Å². The first-order valence-electron chi connectivity index (χ1n) is 9.87. The van der Waals surface area contributed by atoms with Crippen LogP contribution in [0.1, 0.15) is 47.8 Å². The predicted octanol–water partition coefficient (Wildman–Crippen LogP) is 3.79. The molecular formula is C23H30N2O2. The first kappa shape index (κ1) is 19.6. The second-order valence-corrected chi connectivity index (χ2v) is 7.44. The summed E-state index contributed by atoms with van der Waals surface area (Å²) in [4.78, 5) is 14.6. The number of ether oxygens (including phenoxy) is 1. The third kappa shape index (κ3) is 5.41. The summed E-state index contributed by atoms with van der Waals surface area (Å²) in [6, 6.07) is 16.7. The van der Waals surface area contributed by atoms with Crippen molar-refractivity contribution < 1.29 is 9.53 Å². The fourth-order valence-electron chi connectivity index (χ4n) is 3.54. The van der Waals surface area contributed by atoms with E-state index in [-0.39, 0.29) is 18.1 Å². The van der Waals surface area contributed by atoms with Crippen molar-refractivity contribution in [1.29, 1.82) is 0 Å². The Kier molecular flexibility index (Phi) is 6.64. The summed E-state index contributed by atoms with van der Waals surface area (Å²) in [5, 5.41) is 3.47. The zero-order valence-electron chi connectivity index (χ0n) is 16.6. The van der Waals surface area contributed by atoms with Crippen molar-refractivity contribution in [1.82, 2.24) is 10.2 Å². The van der Waals surface area contributed by atoms with Gasteiger partial charge in [0.25, 0.3) is 5.91 Å². The van der Waals surface area contributed by atoms with Crippen molar-refractivity contribution in [2.45, 2.75) is 52.5 Å². The van der Waals surface area contributed by atoms with Gasteiger partial charge in [-0.05, 0) is 49.1 Å². The molecule has 0 aromatic heterocycles. The number of hydrogen-bond donors (Lipinski definition) is 1. The Labute approximate surface area is 162 Å². The highest BCUT2D eigenvalue weighted by atomic mass is 16.5. The van der Waals surface area contributed by atoms with Gasteiger partial charge in [-0.15, -0.1) is 0 Å². The molecule has 0 saturated carbocycles. The number of aryl methyl sites for hydroxylation is 1. The zero-order valence-corrected chi connectivity index (χ0v) is 16.6. The lowest BCUT2D eigenvalue weighted by atomic mass is 10.1. The number of nitrogens with one attached hydrogen (secondary N) is 1. The van der Waals surface area contributed by atoms with E-state index >= 15 is 0 Å². The van der Waals surface area contributed by atoms with Gasteiger partial charge in [-0.3, -0.25) is 4.79 Å². The SMILES string of the molecule is CCc1ccc(CNCc2ccc(C(=O)N3CC(C)OC(C)C3)cc2)cc1. The number of morpholine rings is 1. The summed E-state index contributed by atoms with van der Waals surface area (Å²) >= 11 is 0. The van der Waals surface area contributed by atoms with Crippen LogP contribution >= 0.6 is 0 Å². The number of rotatable bonds is 6. The number of carbonyl (C=O) groups excluding carboxylic acids is 1. The van der Waals surface area contributed by atoms with Crippen molar-refractivity contribution >= 4 is 5.91 Å². The quantitative estimate of drug-likeness (QED) is 0.846. The van der Waals surface area contributed by atoms with Crippen LogP contribution in [0, 0.1) is 0 Å². The average molecular weight is 367 g/mol. The minimum Gasteiger partial charge on any atom is -0.372 e. The van der Waals surface area contributed by atoms with Crippen molar-refractivity contribution in [3.8, 4) is 0 Å². The largest absolute Gasteiger partial charge is 0.372 e. The molecule has 0 bridgehead atoms. The Morgan fingerprint density at radius 1 is 0.926 bits per heavy atom. The van der Waals surface area contributed by atoms with Gasteiger partial charge in [0.05, 0.1) is 12.2 Å². The molecule has 2 unspecified atom stereocenters. The molecular weight excluding hydrogens is 336 g/mol. The summed E-state index contributed by atoms with van der Waals surface area (Å²) in [6.07, 6.45) is 1.25. The van der Waals surface area contributed by atoms with E-state index in [9.17, 15) is 4.79 Å². The van der Waals surface area contributed by atoms with Crippen LogP contribution in [0.3, 0.4) is 0 Å². The number of carbonyl (C=O) groups is 1. The first-order chi connectivity index (χ1) is 13.0. The molecule has 4 nitrogen and oxygen atoms in total. The molecule has 4 heteroatoms. The molecule has 1 fully saturated rings. The smallest absolute Gasteiger partial charge is 0.254 e. The molecule has 0 radical (unpaired) electrons. The van der Waals surface area contributed by atoms with Gasteiger partial charge in [-0.2, -0.15) is 0 Å². The average Bonchev–Trinajstić information content (AvgIpc) is 2.68. The van der Waals surface area contributed by atoms with Crippen LogP contribution in [0.5, 0.6) is 0 Å². The maximum atomic E-state index is 12.7. The monoisotopic (exact) mass is 366 g/mol. The predicted molar refractivity (Wildman–Crippen MR) is 109 cm³/mol. The molecule has 1 heterocycles. The van der Waals surface area contributed by atoms with E-state index in [1.807, 2.05) is 43.0 Å². The topological polar surface area (TPSA) is 41.6 Å². The number of benzene rings is 2. The second-order valence-electron chi connectivity index (χ2n) is 7.44. The molecule has 1 aliphatic heterocycles. The van der Waals surface area contributed by atoms with E-state index in [2.05, 4.69) is 36.5 Å². The zero-order chi connectivity index (χ0) is 19.2. The van der Waals surface area contributed by atoms with Crippen LogP contribution in [0.25, 0.3) is 0 Å². The van der Waals surface area contributed by atoms with Crippen LogP contribution in [-0.2, 0) is 24.2 Å². The summed E-state index contributed by atoms with van der Waals surface area (Å²) in [7, 11) is 0. The van der Waals surface area contributed by atoms with Gasteiger partial charge in [0.15, 0.2) is 0 Å². The molecule has 1 N–H and O–H groups in total. The van der Waals surface area contributed by atoms with Crippen molar-refractivity contribution in [3.05, 3.63) is 70.8 Å². The van der Waals surface area contributed by atoms with Gasteiger partial charge in [-0.25, -0.2) is 0 Å². The van der Waals surface area contributed by atoms with Gasteiger partial charge in [0.1, 0.15) is 0 Å². The fourth-order valence-corrected chi connectivity index (χ4v) is 3.54. The molecule has 0 spiro atoms. The van der Waals surface area contributed by atoms with Crippen molar-refractivity contribution in [2.75, 3.05) is 13.1 Å². The molecule has 27 heavy (non-hydrogen) atoms. The Balaban J connectivity index is 1.51. The highest BCUT2D eigenvalue weighted by Gasteiger charge is 2.26. The van der Waals surface area contributed by atoms with Gasteiger partial charge < -0.3 is 15.0 Å². The summed E-state index contributed by atoms with van der Waals surface area (Å²) in [5.41, 5.74) is 4.58. The van der Waals surface area contributed by atoms with Crippen LogP contribution < -0.4 is 5.32 Å². The van der Waals surface area contributed by atoms with E-state index in [4.69, 9.17) is 4.74 Å². The molecule has 1 aliphatic rings. The standard InChI is InChI=1S/C23H30N2O2/c1-4-19-5-7-20(8-6-19)13-24-14-21-9-11-22(12-10-21)23(26)25-15-17(2)27-18(3)16-25/h5-12,17-18,24H,4,13-16H2,1-3H3. The first-order valence-corrected chi connectivity index (χ1v) is 9.87. The second kappa shape index (κ2) is 9.16. The number of nitrogens with zero attached hydrogens (tertiary/aromatic N) is 1. The Hall–Kier alpha value is -2.17. The minimum atomic E-state index is 0.0903. The Morgan fingerprint density at radius 3 is 1.93 bits per heavy atom. The molecule has 2 atom stereocenters. The van der Waals surface area contributed by atoms with Crippen LogP contribution in [0.2, 0.25) is 0 Å². The summed E-state index contributed by atoms with van der Waals surface area (Å²) < 4.78 is 5.71. The van der Waals surface area contributed by atoms with Crippen molar-refractivity contribution in [2.24, 2.45) is 0 Å². The van der Waals surface area contributed by atoms with E-state index < -0.39 is 0 Å². The van der Waals surface area contributed by atoms with Crippen LogP contribution in [0.15, 0.2) is 48.5 Å². The highest BCUT2D eigenvalue weighted by Crippen LogP contribution is 2.15. The molecule has 144 valence electrons. The van der Waals surface area contributed by atoms with Crippen LogP contribution in [0.4, 0.5) is 0 Å². The Morgan fingerprint density at radius 2 is 1.41 bits per heavy atom. The van der Waals surface area contributed by atoms with Crippen molar-refractivity contribution in [3.63, 3.8) is 0 Å². The number of amides is 1. The molecule has 0 aliphatic carbocycles. The normalized spacial score (nSPS) is 19.9. The van der Waals surface area contributed by atoms with Gasteiger partial charge in [-0.1, -0.05) is 43.3 Å². The maximum absolute atomic E-state index is 12.7. The molecule has 2 aromatic carbocycles. The lowest BCUT2D eigenvalue weighted by Gasteiger charge is -2.35. The fraction of sp³-hybridized carbons (Fsp3) is 0.435. The highest BCUT2D eigenvalue weighted by molar-refractivity contribution is 5.94. The molecule has 2 aromatic rings. The lowest BCUT2D eigenvalue weighted by molar-refractivity contribution is -0.0586. The summed E-state index contributed by atoms with van der Waals surface area (Å²) in [5.74, 6) is 0.0903. The molecule has 1 amide bonds. The molecule has 3 rings (SSSR count). The van der Waals surface area contributed by atoms with E-state index in [0.29, 0.717) is 13.1 Å². The third-order valence-corrected chi connectivity index (χ3v) is 5.00. The number of hydrogen-bond acceptors (Lipinski definition) is 3. The van der Waals surface area contributed by atoms with E-state index in [1.165, 1.54) is 16.7 Å². The van der Waals surface area contributed by atoms with E-state index in [0.717, 1.165) is 25.1 Å².